The highest BCUT2D eigenvalue weighted by Crippen LogP contribution is 2.23. The van der Waals surface area contributed by atoms with Crippen LogP contribution >= 0.6 is 0 Å². The molecular formula is C55H64N4O13. The highest BCUT2D eigenvalue weighted by atomic mass is 16.7. The molecule has 7 N–H and O–H groups in total. The summed E-state index contributed by atoms with van der Waals surface area (Å²) in [6, 6.07) is 27.1. The van der Waals surface area contributed by atoms with Crippen LogP contribution < -0.4 is 10.6 Å². The van der Waals surface area contributed by atoms with Gasteiger partial charge in [0.15, 0.2) is 28.9 Å². The first kappa shape index (κ1) is 57.5. The van der Waals surface area contributed by atoms with Crippen molar-refractivity contribution in [3.63, 3.8) is 0 Å². The van der Waals surface area contributed by atoms with Gasteiger partial charge >= 0.3 is 0 Å². The number of ether oxygens (including phenoxy) is 2. The Labute approximate surface area is 420 Å². The van der Waals surface area contributed by atoms with Crippen molar-refractivity contribution in [2.75, 3.05) is 61.2 Å². The third-order valence-corrected chi connectivity index (χ3v) is 12.4. The van der Waals surface area contributed by atoms with Gasteiger partial charge < -0.3 is 55.4 Å². The number of aliphatic hydroxyl groups is 5. The van der Waals surface area contributed by atoms with E-state index in [1.165, 1.54) is 42.0 Å². The molecule has 3 unspecified atom stereocenters. The monoisotopic (exact) mass is 988 g/mol. The molecule has 4 aromatic rings. The normalized spacial score (nSPS) is 15.3. The van der Waals surface area contributed by atoms with E-state index in [-0.39, 0.29) is 38.2 Å². The Morgan fingerprint density at radius 3 is 1.29 bits per heavy atom. The fraction of sp³-hybridized carbons (Fsp3) is 0.382. The van der Waals surface area contributed by atoms with Gasteiger partial charge in [-0.15, -0.1) is 0 Å². The molecule has 0 radical (unpaired) electrons. The Balaban J connectivity index is 0.000000317. The third-order valence-electron chi connectivity index (χ3n) is 12.4. The van der Waals surface area contributed by atoms with Gasteiger partial charge in [0.25, 0.3) is 23.6 Å². The summed E-state index contributed by atoms with van der Waals surface area (Å²) in [5, 5.41) is 51.8. The number of ketones is 2. The summed E-state index contributed by atoms with van der Waals surface area (Å²) in [6.45, 7) is 1.83. The number of hydrogen-bond donors (Lipinski definition) is 7. The molecule has 0 aliphatic carbocycles. The van der Waals surface area contributed by atoms with Crippen molar-refractivity contribution >= 4 is 35.2 Å². The second-order valence-electron chi connectivity index (χ2n) is 17.1. The van der Waals surface area contributed by atoms with E-state index in [1.54, 1.807) is 97.1 Å². The zero-order valence-electron chi connectivity index (χ0n) is 41.4. The Morgan fingerprint density at radius 1 is 0.611 bits per heavy atom. The standard InChI is InChI=1S/C30H36N2O7.C25H28N2O6/c1-30(29(37)31-2,26(35)20-39-27-6-4-5-19-38-27)32(3)28(36)24-15-11-22(12-16-24)8-7-21-9-13-23(14-10-21)25(34)17-18-33;1-25(22(31)16-29,24(33)26-2)27(3)23(32)20-12-8-18(9-13-20)5-4-17-6-10-19(11-7-17)21(30)14-15-28/h9-16,25,27,33-34H,4-6,17-20H2,1-3H3,(H,31,37);6-13,21,28-30H,14-16H2,1-3H3,(H,26,33)/t25?,27?,30-;21?,25-/m11/s1. The Bertz CT molecular complexity index is 2590. The molecule has 382 valence electrons. The van der Waals surface area contributed by atoms with Crippen LogP contribution in [0.4, 0.5) is 0 Å². The molecule has 5 atom stereocenters. The first-order valence-electron chi connectivity index (χ1n) is 23.3. The molecule has 1 aliphatic rings. The molecule has 17 nitrogen and oxygen atoms in total. The lowest BCUT2D eigenvalue weighted by molar-refractivity contribution is -0.174. The van der Waals surface area contributed by atoms with Crippen LogP contribution in [0.5, 0.6) is 0 Å². The molecule has 1 heterocycles. The number of carbonyl (C=O) groups is 6. The van der Waals surface area contributed by atoms with Crippen LogP contribution in [-0.2, 0) is 28.7 Å². The summed E-state index contributed by atoms with van der Waals surface area (Å²) in [4.78, 5) is 78.9. The molecule has 0 bridgehead atoms. The van der Waals surface area contributed by atoms with Crippen LogP contribution in [0.3, 0.4) is 0 Å². The quantitative estimate of drug-likeness (QED) is 0.0561. The minimum atomic E-state index is -1.85. The number of Topliss-reactive ketones (excluding diaryl/α,β-unsaturated/α-hetero) is 2. The Hall–Kier alpha value is -7.06. The Morgan fingerprint density at radius 2 is 0.972 bits per heavy atom. The van der Waals surface area contributed by atoms with Gasteiger partial charge in [0.2, 0.25) is 0 Å². The number of carbonyl (C=O) groups excluding carboxylic acids is 6. The van der Waals surface area contributed by atoms with Crippen LogP contribution in [0.25, 0.3) is 0 Å². The number of aliphatic hydroxyl groups excluding tert-OH is 5. The number of hydrogen-bond acceptors (Lipinski definition) is 13. The smallest absolute Gasteiger partial charge is 0.254 e. The van der Waals surface area contributed by atoms with Gasteiger partial charge in [-0.1, -0.05) is 47.9 Å². The van der Waals surface area contributed by atoms with Crippen molar-refractivity contribution in [1.29, 1.82) is 0 Å². The number of benzene rings is 4. The molecule has 1 saturated heterocycles. The number of nitrogens with one attached hydrogen (secondary N) is 2. The van der Waals surface area contributed by atoms with E-state index >= 15 is 0 Å². The fourth-order valence-corrected chi connectivity index (χ4v) is 7.35. The summed E-state index contributed by atoms with van der Waals surface area (Å²) in [5.74, 6) is 8.33. The van der Waals surface area contributed by atoms with Gasteiger partial charge in [0.1, 0.15) is 13.2 Å². The summed E-state index contributed by atoms with van der Waals surface area (Å²) in [6.07, 6.45) is 1.14. The van der Waals surface area contributed by atoms with Crippen molar-refractivity contribution in [1.82, 2.24) is 20.4 Å². The van der Waals surface area contributed by atoms with Gasteiger partial charge in [-0.2, -0.15) is 0 Å². The van der Waals surface area contributed by atoms with Crippen molar-refractivity contribution in [2.24, 2.45) is 0 Å². The second-order valence-corrected chi connectivity index (χ2v) is 17.1. The lowest BCUT2D eigenvalue weighted by Crippen LogP contribution is -2.62. The zero-order valence-corrected chi connectivity index (χ0v) is 41.4. The zero-order chi connectivity index (χ0) is 53.0. The number of amides is 4. The van der Waals surface area contributed by atoms with Crippen LogP contribution in [0, 0.1) is 23.7 Å². The minimum absolute atomic E-state index is 0.0946. The molecule has 17 heteroatoms. The fourth-order valence-electron chi connectivity index (χ4n) is 7.35. The van der Waals surface area contributed by atoms with Gasteiger partial charge in [-0.25, -0.2) is 0 Å². The predicted molar refractivity (Wildman–Crippen MR) is 267 cm³/mol. The molecule has 0 aromatic heterocycles. The molecular weight excluding hydrogens is 925 g/mol. The average molecular weight is 989 g/mol. The number of nitrogens with zero attached hydrogens (tertiary/aromatic N) is 2. The first-order valence-corrected chi connectivity index (χ1v) is 23.3. The van der Waals surface area contributed by atoms with Gasteiger partial charge in [-0.3, -0.25) is 28.8 Å². The molecule has 4 amide bonds. The third kappa shape index (κ3) is 14.8. The molecule has 1 fully saturated rings. The van der Waals surface area contributed by atoms with Gasteiger partial charge in [-0.05, 0) is 117 Å². The molecule has 5 rings (SSSR count). The highest BCUT2D eigenvalue weighted by molar-refractivity contribution is 6.15. The molecule has 1 aliphatic heterocycles. The number of rotatable bonds is 18. The lowest BCUT2D eigenvalue weighted by Gasteiger charge is -2.36. The Kier molecular flexibility index (Phi) is 22.0. The molecule has 4 aromatic carbocycles. The maximum atomic E-state index is 13.3. The maximum Gasteiger partial charge on any atom is 0.254 e. The topological polar surface area (TPSA) is 253 Å². The van der Waals surface area contributed by atoms with E-state index in [1.807, 2.05) is 0 Å². The number of likely N-dealkylation sites (N-methyl/N-ethyl adjacent to an activating group) is 4. The summed E-state index contributed by atoms with van der Waals surface area (Å²) in [7, 11) is 5.51. The second kappa shape index (κ2) is 27.5. The molecule has 0 spiro atoms. The van der Waals surface area contributed by atoms with Gasteiger partial charge in [0, 0.05) is 94.2 Å². The summed E-state index contributed by atoms with van der Waals surface area (Å²) in [5.41, 5.74) is 1.13. The first-order chi connectivity index (χ1) is 34.4. The maximum absolute atomic E-state index is 13.3. The van der Waals surface area contributed by atoms with Crippen LogP contribution in [0.15, 0.2) is 97.1 Å². The highest BCUT2D eigenvalue weighted by Gasteiger charge is 2.47. The van der Waals surface area contributed by atoms with Crippen molar-refractivity contribution < 1.29 is 63.8 Å². The van der Waals surface area contributed by atoms with E-state index in [4.69, 9.17) is 19.7 Å². The molecule has 72 heavy (non-hydrogen) atoms. The summed E-state index contributed by atoms with van der Waals surface area (Å²) < 4.78 is 11.1. The average Bonchev–Trinajstić information content (AvgIpc) is 3.42. The van der Waals surface area contributed by atoms with E-state index < -0.39 is 71.4 Å². The molecule has 0 saturated carbocycles. The van der Waals surface area contributed by atoms with Crippen LogP contribution in [0.2, 0.25) is 0 Å². The van der Waals surface area contributed by atoms with Crippen molar-refractivity contribution in [3.05, 3.63) is 142 Å². The van der Waals surface area contributed by atoms with Crippen LogP contribution in [-0.4, -0.2) is 149 Å². The van der Waals surface area contributed by atoms with Gasteiger partial charge in [0.05, 0.1) is 12.2 Å². The summed E-state index contributed by atoms with van der Waals surface area (Å²) >= 11 is 0. The van der Waals surface area contributed by atoms with Crippen LogP contribution in [0.1, 0.15) is 112 Å². The predicted octanol–water partition coefficient (Wildman–Crippen LogP) is 2.83. The minimum Gasteiger partial charge on any atom is -0.396 e. The van der Waals surface area contributed by atoms with E-state index in [2.05, 4.69) is 34.3 Å². The van der Waals surface area contributed by atoms with E-state index in [9.17, 15) is 44.1 Å². The lowest BCUT2D eigenvalue weighted by atomic mass is 9.92. The largest absolute Gasteiger partial charge is 0.396 e. The van der Waals surface area contributed by atoms with Crippen molar-refractivity contribution in [2.45, 2.75) is 75.5 Å². The van der Waals surface area contributed by atoms with E-state index in [0.717, 1.165) is 33.8 Å². The van der Waals surface area contributed by atoms with Crippen molar-refractivity contribution in [3.8, 4) is 23.7 Å². The van der Waals surface area contributed by atoms with E-state index in [0.29, 0.717) is 40.8 Å². The SMILES string of the molecule is CNC(=O)[C@@](C)(C(=O)CO)N(C)C(=O)c1ccc(C#Cc2ccc(C(O)CCO)cc2)cc1.CNC(=O)[C@@](C)(C(=O)COC1CCCCO1)N(C)C(=O)c1ccc(C#Cc2ccc(C(O)CCO)cc2)cc1.